The van der Waals surface area contributed by atoms with Crippen LogP contribution in [0.1, 0.15) is 30.9 Å². The number of ether oxygens (including phenoxy) is 1. The van der Waals surface area contributed by atoms with Crippen molar-refractivity contribution in [3.8, 4) is 5.75 Å². The first-order valence-corrected chi connectivity index (χ1v) is 6.26. The van der Waals surface area contributed by atoms with Gasteiger partial charge in [-0.15, -0.1) is 0 Å². The maximum Gasteiger partial charge on any atom is 0.123 e. The highest BCUT2D eigenvalue weighted by atomic mass is 16.5. The predicted octanol–water partition coefficient (Wildman–Crippen LogP) is 2.69. The van der Waals surface area contributed by atoms with Gasteiger partial charge in [0.2, 0.25) is 0 Å². The van der Waals surface area contributed by atoms with Crippen LogP contribution in [0.25, 0.3) is 0 Å². The molecule has 0 saturated carbocycles. The van der Waals surface area contributed by atoms with Crippen molar-refractivity contribution in [1.82, 2.24) is 5.32 Å². The van der Waals surface area contributed by atoms with Gasteiger partial charge in [0.15, 0.2) is 0 Å². The summed E-state index contributed by atoms with van der Waals surface area (Å²) >= 11 is 0. The second-order valence-electron chi connectivity index (χ2n) is 4.61. The van der Waals surface area contributed by atoms with Crippen LogP contribution in [0.3, 0.4) is 0 Å². The molecule has 0 fully saturated rings. The Morgan fingerprint density at radius 3 is 3.12 bits per heavy atom. The Balaban J connectivity index is 1.81. The molecule has 2 nitrogen and oxygen atoms in total. The molecule has 0 aromatic heterocycles. The van der Waals surface area contributed by atoms with Crippen molar-refractivity contribution in [2.45, 2.75) is 39.2 Å². The summed E-state index contributed by atoms with van der Waals surface area (Å²) in [6, 6.07) is 6.45. The van der Waals surface area contributed by atoms with E-state index in [9.17, 15) is 0 Å². The van der Waals surface area contributed by atoms with Gasteiger partial charge in [0.05, 0.1) is 0 Å². The molecule has 2 rings (SSSR count). The molecule has 1 heterocycles. The van der Waals surface area contributed by atoms with Crippen molar-refractivity contribution in [3.63, 3.8) is 0 Å². The highest BCUT2D eigenvalue weighted by Crippen LogP contribution is 2.29. The summed E-state index contributed by atoms with van der Waals surface area (Å²) in [5, 5.41) is 3.45. The zero-order chi connectivity index (χ0) is 11.4. The standard InChI is InChI=1S/C14H21NO/c1-3-4-7-15-10-13-9-12-8-11(2)5-6-14(12)16-13/h5-6,8,13,15H,3-4,7,9-10H2,1-2H3. The van der Waals surface area contributed by atoms with Crippen LogP contribution < -0.4 is 10.1 Å². The highest BCUT2D eigenvalue weighted by Gasteiger charge is 2.21. The molecule has 0 saturated heterocycles. The lowest BCUT2D eigenvalue weighted by Crippen LogP contribution is -2.30. The van der Waals surface area contributed by atoms with Crippen LogP contribution in [0.5, 0.6) is 5.75 Å². The molecule has 1 aliphatic rings. The lowest BCUT2D eigenvalue weighted by atomic mass is 10.1. The third-order valence-electron chi connectivity index (χ3n) is 3.04. The molecule has 16 heavy (non-hydrogen) atoms. The topological polar surface area (TPSA) is 21.3 Å². The van der Waals surface area contributed by atoms with Gasteiger partial charge < -0.3 is 10.1 Å². The summed E-state index contributed by atoms with van der Waals surface area (Å²) in [5.41, 5.74) is 2.68. The molecule has 0 radical (unpaired) electrons. The maximum atomic E-state index is 5.88. The summed E-state index contributed by atoms with van der Waals surface area (Å²) in [7, 11) is 0. The Hall–Kier alpha value is -1.02. The second-order valence-corrected chi connectivity index (χ2v) is 4.61. The Kier molecular flexibility index (Phi) is 3.83. The molecule has 1 aliphatic heterocycles. The smallest absolute Gasteiger partial charge is 0.123 e. The van der Waals surface area contributed by atoms with E-state index < -0.39 is 0 Å². The van der Waals surface area contributed by atoms with Gasteiger partial charge in [0.1, 0.15) is 11.9 Å². The fraction of sp³-hybridized carbons (Fsp3) is 0.571. The lowest BCUT2D eigenvalue weighted by molar-refractivity contribution is 0.227. The molecule has 2 heteroatoms. The Morgan fingerprint density at radius 2 is 2.31 bits per heavy atom. The Labute approximate surface area is 98.0 Å². The number of benzene rings is 1. The van der Waals surface area contributed by atoms with Gasteiger partial charge in [0.25, 0.3) is 0 Å². The van der Waals surface area contributed by atoms with Crippen LogP contribution in [0.2, 0.25) is 0 Å². The van der Waals surface area contributed by atoms with E-state index in [0.29, 0.717) is 6.10 Å². The fourth-order valence-corrected chi connectivity index (χ4v) is 2.13. The van der Waals surface area contributed by atoms with E-state index in [1.54, 1.807) is 0 Å². The maximum absolute atomic E-state index is 5.88. The van der Waals surface area contributed by atoms with E-state index in [1.807, 2.05) is 0 Å². The minimum Gasteiger partial charge on any atom is -0.488 e. The molecule has 1 aromatic rings. The van der Waals surface area contributed by atoms with Crippen molar-refractivity contribution in [2.24, 2.45) is 0 Å². The zero-order valence-corrected chi connectivity index (χ0v) is 10.3. The number of aryl methyl sites for hydroxylation is 1. The Bertz CT molecular complexity index is 349. The van der Waals surface area contributed by atoms with Crippen LogP contribution in [0.15, 0.2) is 18.2 Å². The number of nitrogens with one attached hydrogen (secondary N) is 1. The molecule has 88 valence electrons. The number of unbranched alkanes of at least 4 members (excludes halogenated alkanes) is 1. The van der Waals surface area contributed by atoms with Crippen LogP contribution in [-0.2, 0) is 6.42 Å². The minimum absolute atomic E-state index is 0.327. The largest absolute Gasteiger partial charge is 0.488 e. The number of hydrogen-bond donors (Lipinski definition) is 1. The number of rotatable bonds is 5. The Morgan fingerprint density at radius 1 is 1.44 bits per heavy atom. The molecule has 1 unspecified atom stereocenters. The second kappa shape index (κ2) is 5.35. The average molecular weight is 219 g/mol. The molecular formula is C14H21NO. The third-order valence-corrected chi connectivity index (χ3v) is 3.04. The van der Waals surface area contributed by atoms with E-state index in [4.69, 9.17) is 4.74 Å². The van der Waals surface area contributed by atoms with Crippen molar-refractivity contribution in [2.75, 3.05) is 13.1 Å². The first kappa shape index (κ1) is 11.5. The number of hydrogen-bond acceptors (Lipinski definition) is 2. The van der Waals surface area contributed by atoms with Gasteiger partial charge in [-0.3, -0.25) is 0 Å². The van der Waals surface area contributed by atoms with E-state index >= 15 is 0 Å². The molecule has 0 spiro atoms. The lowest BCUT2D eigenvalue weighted by Gasteiger charge is -2.11. The monoisotopic (exact) mass is 219 g/mol. The quantitative estimate of drug-likeness (QED) is 0.769. The zero-order valence-electron chi connectivity index (χ0n) is 10.3. The van der Waals surface area contributed by atoms with Crippen LogP contribution in [0, 0.1) is 6.92 Å². The normalized spacial score (nSPS) is 18.2. The molecular weight excluding hydrogens is 198 g/mol. The summed E-state index contributed by atoms with van der Waals surface area (Å²) in [5.74, 6) is 1.08. The first-order chi connectivity index (χ1) is 7.79. The fourth-order valence-electron chi connectivity index (χ4n) is 2.13. The predicted molar refractivity (Wildman–Crippen MR) is 67.1 cm³/mol. The summed E-state index contributed by atoms with van der Waals surface area (Å²) < 4.78 is 5.88. The minimum atomic E-state index is 0.327. The molecule has 1 N–H and O–H groups in total. The van der Waals surface area contributed by atoms with Crippen LogP contribution in [-0.4, -0.2) is 19.2 Å². The third kappa shape index (κ3) is 2.76. The van der Waals surface area contributed by atoms with E-state index in [-0.39, 0.29) is 0 Å². The number of fused-ring (bicyclic) bond motifs is 1. The van der Waals surface area contributed by atoms with Gasteiger partial charge in [-0.25, -0.2) is 0 Å². The van der Waals surface area contributed by atoms with E-state index in [0.717, 1.165) is 25.3 Å². The van der Waals surface area contributed by atoms with Gasteiger partial charge in [-0.2, -0.15) is 0 Å². The van der Waals surface area contributed by atoms with Crippen LogP contribution in [0.4, 0.5) is 0 Å². The van der Waals surface area contributed by atoms with Crippen molar-refractivity contribution in [1.29, 1.82) is 0 Å². The highest BCUT2D eigenvalue weighted by molar-refractivity contribution is 5.40. The summed E-state index contributed by atoms with van der Waals surface area (Å²) in [6.07, 6.45) is 3.88. The van der Waals surface area contributed by atoms with Crippen LogP contribution >= 0.6 is 0 Å². The average Bonchev–Trinajstić information content (AvgIpc) is 2.66. The van der Waals surface area contributed by atoms with Gasteiger partial charge in [-0.1, -0.05) is 31.0 Å². The van der Waals surface area contributed by atoms with Crippen molar-refractivity contribution >= 4 is 0 Å². The van der Waals surface area contributed by atoms with Gasteiger partial charge in [0, 0.05) is 13.0 Å². The molecule has 1 atom stereocenters. The first-order valence-electron chi connectivity index (χ1n) is 6.26. The van der Waals surface area contributed by atoms with Gasteiger partial charge in [-0.05, 0) is 31.5 Å². The molecule has 0 amide bonds. The summed E-state index contributed by atoms with van der Waals surface area (Å²) in [4.78, 5) is 0. The molecule has 0 bridgehead atoms. The SMILES string of the molecule is CCCCNCC1Cc2cc(C)ccc2O1. The van der Waals surface area contributed by atoms with Crippen molar-refractivity contribution in [3.05, 3.63) is 29.3 Å². The summed E-state index contributed by atoms with van der Waals surface area (Å²) in [6.45, 7) is 6.42. The van der Waals surface area contributed by atoms with Gasteiger partial charge >= 0.3 is 0 Å². The van der Waals surface area contributed by atoms with E-state index in [2.05, 4.69) is 37.4 Å². The van der Waals surface area contributed by atoms with Crippen molar-refractivity contribution < 1.29 is 4.74 Å². The molecule has 0 aliphatic carbocycles. The molecule has 1 aromatic carbocycles. The van der Waals surface area contributed by atoms with E-state index in [1.165, 1.54) is 24.0 Å².